The standard InChI is InChI=1S/C28H23ClNO4P/c29-26-21-25(17-18-27(26)34-35(31,32)33-20-10-19-30)28(22-11-4-1-5-12-22,23-13-6-2-7-14-23)24-15-8-3-9-16-24/h1-9,11-18,21H,10,20H2,(H,31,32). The number of halogens is 1. The molecule has 0 aliphatic carbocycles. The number of nitriles is 1. The maximum absolute atomic E-state index is 12.3. The summed E-state index contributed by atoms with van der Waals surface area (Å²) in [5, 5.41) is 8.78. The van der Waals surface area contributed by atoms with Gasteiger partial charge in [0.15, 0.2) is 0 Å². The third-order valence-electron chi connectivity index (χ3n) is 5.67. The Balaban J connectivity index is 1.88. The maximum Gasteiger partial charge on any atom is 0.527 e. The predicted octanol–water partition coefficient (Wildman–Crippen LogP) is 7.13. The normalized spacial score (nSPS) is 12.9. The highest BCUT2D eigenvalue weighted by molar-refractivity contribution is 7.47. The second-order valence-electron chi connectivity index (χ2n) is 7.79. The topological polar surface area (TPSA) is 79.5 Å². The summed E-state index contributed by atoms with van der Waals surface area (Å²) < 4.78 is 22.4. The van der Waals surface area contributed by atoms with Crippen molar-refractivity contribution in [1.29, 1.82) is 5.26 Å². The summed E-state index contributed by atoms with van der Waals surface area (Å²) in [5.41, 5.74) is 3.26. The van der Waals surface area contributed by atoms with Gasteiger partial charge in [-0.25, -0.2) is 4.57 Å². The van der Waals surface area contributed by atoms with Crippen LogP contribution in [0.1, 0.15) is 28.7 Å². The van der Waals surface area contributed by atoms with Crippen molar-refractivity contribution >= 4 is 19.4 Å². The number of nitrogens with zero attached hydrogens (tertiary/aromatic N) is 1. The molecule has 1 atom stereocenters. The third-order valence-corrected chi connectivity index (χ3v) is 6.90. The molecule has 35 heavy (non-hydrogen) atoms. The van der Waals surface area contributed by atoms with Crippen molar-refractivity contribution in [1.82, 2.24) is 0 Å². The lowest BCUT2D eigenvalue weighted by Crippen LogP contribution is -2.31. The van der Waals surface area contributed by atoms with Crippen molar-refractivity contribution in [2.75, 3.05) is 6.61 Å². The number of phosphoric acid groups is 1. The fourth-order valence-corrected chi connectivity index (χ4v) is 5.29. The zero-order chi connectivity index (χ0) is 24.7. The van der Waals surface area contributed by atoms with Gasteiger partial charge in [0.25, 0.3) is 0 Å². The van der Waals surface area contributed by atoms with Crippen LogP contribution in [-0.4, -0.2) is 11.5 Å². The number of benzene rings is 4. The van der Waals surface area contributed by atoms with Crippen molar-refractivity contribution in [3.63, 3.8) is 0 Å². The highest BCUT2D eigenvalue weighted by Crippen LogP contribution is 2.49. The summed E-state index contributed by atoms with van der Waals surface area (Å²) in [4.78, 5) is 10.0. The van der Waals surface area contributed by atoms with Crippen LogP contribution in [0.3, 0.4) is 0 Å². The average molecular weight is 504 g/mol. The van der Waals surface area contributed by atoms with Crippen molar-refractivity contribution in [3.05, 3.63) is 136 Å². The molecule has 0 aliphatic rings. The third kappa shape index (κ3) is 5.32. The van der Waals surface area contributed by atoms with E-state index in [9.17, 15) is 9.46 Å². The average Bonchev–Trinajstić information content (AvgIpc) is 2.88. The molecule has 4 rings (SSSR count). The first kappa shape index (κ1) is 24.7. The molecule has 0 amide bonds. The lowest BCUT2D eigenvalue weighted by atomic mass is 9.65. The van der Waals surface area contributed by atoms with E-state index in [2.05, 4.69) is 36.4 Å². The van der Waals surface area contributed by atoms with E-state index in [1.54, 1.807) is 12.1 Å². The zero-order valence-corrected chi connectivity index (χ0v) is 20.4. The van der Waals surface area contributed by atoms with Crippen LogP contribution in [0.2, 0.25) is 5.02 Å². The molecule has 0 bridgehead atoms. The van der Waals surface area contributed by atoms with Crippen molar-refractivity contribution in [3.8, 4) is 11.8 Å². The number of hydrogen-bond acceptors (Lipinski definition) is 4. The highest BCUT2D eigenvalue weighted by Gasteiger charge is 2.38. The number of rotatable bonds is 9. The Morgan fingerprint density at radius 3 is 1.71 bits per heavy atom. The summed E-state index contributed by atoms with van der Waals surface area (Å²) in [6.45, 7) is -0.223. The molecule has 176 valence electrons. The van der Waals surface area contributed by atoms with Crippen LogP contribution < -0.4 is 4.52 Å². The molecule has 1 N–H and O–H groups in total. The van der Waals surface area contributed by atoms with E-state index in [4.69, 9.17) is 25.9 Å². The molecule has 7 heteroatoms. The Labute approximate surface area is 209 Å². The summed E-state index contributed by atoms with van der Waals surface area (Å²) >= 11 is 6.60. The second-order valence-corrected chi connectivity index (χ2v) is 9.58. The molecule has 4 aromatic carbocycles. The Bertz CT molecular complexity index is 1260. The highest BCUT2D eigenvalue weighted by atomic mass is 35.5. The zero-order valence-electron chi connectivity index (χ0n) is 18.8. The van der Waals surface area contributed by atoms with E-state index in [1.165, 1.54) is 0 Å². The Hall–Kier alpha value is -3.39. The monoisotopic (exact) mass is 503 g/mol. The fourth-order valence-electron chi connectivity index (χ4n) is 4.23. The van der Waals surface area contributed by atoms with Crippen LogP contribution >= 0.6 is 19.4 Å². The quantitative estimate of drug-likeness (QED) is 0.149. The van der Waals surface area contributed by atoms with Crippen LogP contribution in [0, 0.1) is 11.3 Å². The molecule has 0 spiro atoms. The summed E-state index contributed by atoms with van der Waals surface area (Å²) in [7, 11) is -4.44. The lowest BCUT2D eigenvalue weighted by Gasteiger charge is -2.37. The van der Waals surface area contributed by atoms with Gasteiger partial charge in [-0.2, -0.15) is 5.26 Å². The molecule has 0 heterocycles. The SMILES string of the molecule is N#CCCOP(=O)(O)Oc1ccc(C(c2ccccc2)(c2ccccc2)c2ccccc2)cc1Cl. The Kier molecular flexibility index (Phi) is 7.70. The van der Waals surface area contributed by atoms with Crippen LogP contribution in [0.5, 0.6) is 5.75 Å². The van der Waals surface area contributed by atoms with Gasteiger partial charge in [0.05, 0.1) is 29.5 Å². The van der Waals surface area contributed by atoms with Gasteiger partial charge < -0.3 is 4.52 Å². The maximum atomic E-state index is 12.3. The largest absolute Gasteiger partial charge is 0.527 e. The van der Waals surface area contributed by atoms with E-state index in [0.717, 1.165) is 22.3 Å². The van der Waals surface area contributed by atoms with Crippen molar-refractivity contribution in [2.45, 2.75) is 11.8 Å². The van der Waals surface area contributed by atoms with E-state index in [0.29, 0.717) is 0 Å². The molecule has 0 saturated heterocycles. The van der Waals surface area contributed by atoms with Crippen LogP contribution in [-0.2, 0) is 14.5 Å². The van der Waals surface area contributed by atoms with E-state index < -0.39 is 13.2 Å². The predicted molar refractivity (Wildman–Crippen MR) is 136 cm³/mol. The van der Waals surface area contributed by atoms with Gasteiger partial charge in [0, 0.05) is 0 Å². The molecular formula is C28H23ClNO4P. The fraction of sp³-hybridized carbons (Fsp3) is 0.107. The first-order chi connectivity index (χ1) is 17.0. The van der Waals surface area contributed by atoms with E-state index in [-0.39, 0.29) is 23.8 Å². The van der Waals surface area contributed by atoms with Crippen LogP contribution in [0.4, 0.5) is 0 Å². The molecule has 1 unspecified atom stereocenters. The molecule has 0 fully saturated rings. The molecule has 0 aliphatic heterocycles. The summed E-state index contributed by atoms with van der Waals surface area (Å²) in [6.07, 6.45) is -0.0334. The van der Waals surface area contributed by atoms with Crippen LogP contribution in [0.15, 0.2) is 109 Å². The molecule has 5 nitrogen and oxygen atoms in total. The minimum atomic E-state index is -4.44. The Morgan fingerprint density at radius 2 is 1.29 bits per heavy atom. The molecule has 4 aromatic rings. The smallest absolute Gasteiger partial charge is 0.403 e. The first-order valence-corrected chi connectivity index (χ1v) is 12.9. The van der Waals surface area contributed by atoms with E-state index in [1.807, 2.05) is 66.7 Å². The number of phosphoric ester groups is 1. The molecule has 0 saturated carbocycles. The van der Waals surface area contributed by atoms with Gasteiger partial charge in [0.2, 0.25) is 0 Å². The second kappa shape index (κ2) is 10.9. The minimum absolute atomic E-state index is 0.0151. The molecular weight excluding hydrogens is 481 g/mol. The van der Waals surface area contributed by atoms with Gasteiger partial charge in [-0.05, 0) is 34.4 Å². The van der Waals surface area contributed by atoms with Gasteiger partial charge in [0.1, 0.15) is 5.75 Å². The van der Waals surface area contributed by atoms with Crippen molar-refractivity contribution < 1.29 is 18.5 Å². The van der Waals surface area contributed by atoms with Gasteiger partial charge in [-0.15, -0.1) is 0 Å². The van der Waals surface area contributed by atoms with Gasteiger partial charge in [-0.3, -0.25) is 9.42 Å². The Morgan fingerprint density at radius 1 is 0.800 bits per heavy atom. The van der Waals surface area contributed by atoms with E-state index >= 15 is 0 Å². The van der Waals surface area contributed by atoms with Crippen molar-refractivity contribution in [2.24, 2.45) is 0 Å². The van der Waals surface area contributed by atoms with Gasteiger partial charge in [-0.1, -0.05) is 109 Å². The molecule has 0 radical (unpaired) electrons. The first-order valence-electron chi connectivity index (χ1n) is 11.0. The number of hydrogen-bond donors (Lipinski definition) is 1. The minimum Gasteiger partial charge on any atom is -0.403 e. The van der Waals surface area contributed by atoms with Gasteiger partial charge >= 0.3 is 7.82 Å². The van der Waals surface area contributed by atoms with Crippen LogP contribution in [0.25, 0.3) is 0 Å². The lowest BCUT2D eigenvalue weighted by molar-refractivity contribution is 0.207. The summed E-state index contributed by atoms with van der Waals surface area (Å²) in [5.74, 6) is 0.0151. The summed E-state index contributed by atoms with van der Waals surface area (Å²) in [6, 6.07) is 37.3. The molecule has 0 aromatic heterocycles.